The first-order valence-corrected chi connectivity index (χ1v) is 8.91. The molecule has 2 saturated heterocycles. The summed E-state index contributed by atoms with van der Waals surface area (Å²) in [5, 5.41) is 4.52. The first kappa shape index (κ1) is 13.3. The van der Waals surface area contributed by atoms with E-state index in [4.69, 9.17) is 4.74 Å². The molecule has 3 aliphatic rings. The molecule has 2 atom stereocenters. The summed E-state index contributed by atoms with van der Waals surface area (Å²) in [5.41, 5.74) is 0.311. The molecule has 3 rings (SSSR count). The first-order valence-electron chi connectivity index (χ1n) is 7.86. The monoisotopic (exact) mass is 269 g/mol. The van der Waals surface area contributed by atoms with Gasteiger partial charge in [0.2, 0.25) is 0 Å². The quantitative estimate of drug-likeness (QED) is 0.845. The van der Waals surface area contributed by atoms with E-state index in [0.717, 1.165) is 11.8 Å². The van der Waals surface area contributed by atoms with Gasteiger partial charge in [0.05, 0.1) is 11.7 Å². The number of hydrogen-bond acceptors (Lipinski definition) is 3. The summed E-state index contributed by atoms with van der Waals surface area (Å²) in [6, 6.07) is 0. The Kier molecular flexibility index (Phi) is 4.53. The summed E-state index contributed by atoms with van der Waals surface area (Å²) >= 11 is 2.16. The Morgan fingerprint density at radius 1 is 1.00 bits per heavy atom. The van der Waals surface area contributed by atoms with Gasteiger partial charge in [0.15, 0.2) is 0 Å². The van der Waals surface area contributed by atoms with Crippen molar-refractivity contribution in [3.63, 3.8) is 0 Å². The van der Waals surface area contributed by atoms with E-state index in [1.807, 2.05) is 0 Å². The molecule has 0 aromatic rings. The van der Waals surface area contributed by atoms with Crippen molar-refractivity contribution < 1.29 is 4.74 Å². The molecule has 2 nitrogen and oxygen atoms in total. The molecule has 3 heteroatoms. The Labute approximate surface area is 116 Å². The third kappa shape index (κ3) is 3.23. The van der Waals surface area contributed by atoms with Crippen LogP contribution in [-0.2, 0) is 4.74 Å². The predicted molar refractivity (Wildman–Crippen MR) is 78.3 cm³/mol. The van der Waals surface area contributed by atoms with Crippen LogP contribution in [0.25, 0.3) is 0 Å². The number of hydrogen-bond donors (Lipinski definition) is 1. The highest BCUT2D eigenvalue weighted by molar-refractivity contribution is 7.99. The minimum atomic E-state index is 0.311. The van der Waals surface area contributed by atoms with Gasteiger partial charge in [-0.3, -0.25) is 0 Å². The summed E-state index contributed by atoms with van der Waals surface area (Å²) in [6.45, 7) is 2.27. The molecule has 1 N–H and O–H groups in total. The molecule has 1 saturated carbocycles. The molecule has 3 fully saturated rings. The molecule has 0 amide bonds. The van der Waals surface area contributed by atoms with Gasteiger partial charge < -0.3 is 10.1 Å². The van der Waals surface area contributed by atoms with Crippen LogP contribution in [0, 0.1) is 0 Å². The molecule has 1 aliphatic carbocycles. The zero-order valence-electron chi connectivity index (χ0n) is 11.5. The lowest BCUT2D eigenvalue weighted by molar-refractivity contribution is -0.0350. The molecule has 2 heterocycles. The maximum absolute atomic E-state index is 6.33. The number of ether oxygens (including phenoxy) is 1. The summed E-state index contributed by atoms with van der Waals surface area (Å²) < 4.78 is 6.33. The van der Waals surface area contributed by atoms with Crippen LogP contribution in [0.15, 0.2) is 0 Å². The fraction of sp³-hybridized carbons (Fsp3) is 1.00. The number of rotatable bonds is 4. The third-order valence-corrected chi connectivity index (χ3v) is 6.27. The molecule has 0 aromatic heterocycles. The topological polar surface area (TPSA) is 21.3 Å². The van der Waals surface area contributed by atoms with Gasteiger partial charge in [-0.2, -0.15) is 11.8 Å². The molecule has 2 unspecified atom stereocenters. The molecular weight excluding hydrogens is 242 g/mol. The number of thioether (sulfide) groups is 1. The van der Waals surface area contributed by atoms with Gasteiger partial charge in [0.25, 0.3) is 0 Å². The normalized spacial score (nSPS) is 35.3. The minimum Gasteiger partial charge on any atom is -0.370 e. The molecule has 104 valence electrons. The lowest BCUT2D eigenvalue weighted by atomic mass is 9.98. The van der Waals surface area contributed by atoms with E-state index in [1.54, 1.807) is 0 Å². The molecule has 0 radical (unpaired) electrons. The van der Waals surface area contributed by atoms with E-state index in [-0.39, 0.29) is 0 Å². The minimum absolute atomic E-state index is 0.311. The van der Waals surface area contributed by atoms with Crippen LogP contribution in [0.4, 0.5) is 0 Å². The maximum atomic E-state index is 6.33. The summed E-state index contributed by atoms with van der Waals surface area (Å²) in [7, 11) is 0. The highest BCUT2D eigenvalue weighted by Crippen LogP contribution is 2.43. The molecule has 18 heavy (non-hydrogen) atoms. The van der Waals surface area contributed by atoms with Crippen molar-refractivity contribution in [1.82, 2.24) is 5.32 Å². The predicted octanol–water partition coefficient (Wildman–Crippen LogP) is 3.35. The van der Waals surface area contributed by atoms with Gasteiger partial charge in [0, 0.05) is 18.3 Å². The van der Waals surface area contributed by atoms with Crippen LogP contribution in [0.1, 0.15) is 57.8 Å². The van der Waals surface area contributed by atoms with Gasteiger partial charge in [0.1, 0.15) is 0 Å². The Balaban J connectivity index is 1.34. The van der Waals surface area contributed by atoms with Crippen molar-refractivity contribution in [2.45, 2.75) is 74.7 Å². The van der Waals surface area contributed by atoms with Crippen LogP contribution in [0.2, 0.25) is 0 Å². The summed E-state index contributed by atoms with van der Waals surface area (Å²) in [6.07, 6.45) is 12.8. The fourth-order valence-corrected chi connectivity index (χ4v) is 5.07. The van der Waals surface area contributed by atoms with E-state index in [2.05, 4.69) is 17.1 Å². The van der Waals surface area contributed by atoms with E-state index in [0.29, 0.717) is 11.7 Å². The molecular formula is C15H27NOS. The van der Waals surface area contributed by atoms with Crippen LogP contribution in [0.3, 0.4) is 0 Å². The fourth-order valence-electron chi connectivity index (χ4n) is 3.80. The highest BCUT2D eigenvalue weighted by Gasteiger charge is 2.41. The van der Waals surface area contributed by atoms with Crippen LogP contribution in [-0.4, -0.2) is 35.8 Å². The van der Waals surface area contributed by atoms with Gasteiger partial charge in [-0.05, 0) is 44.3 Å². The van der Waals surface area contributed by atoms with Gasteiger partial charge in [-0.1, -0.05) is 19.3 Å². The second-order valence-corrected chi connectivity index (χ2v) is 7.72. The second kappa shape index (κ2) is 6.15. The van der Waals surface area contributed by atoms with E-state index < -0.39 is 0 Å². The van der Waals surface area contributed by atoms with Crippen molar-refractivity contribution in [1.29, 1.82) is 0 Å². The Morgan fingerprint density at radius 2 is 1.89 bits per heavy atom. The Bertz CT molecular complexity index is 259. The molecule has 0 bridgehead atoms. The van der Waals surface area contributed by atoms with Crippen LogP contribution in [0.5, 0.6) is 0 Å². The van der Waals surface area contributed by atoms with Crippen LogP contribution >= 0.6 is 11.8 Å². The Morgan fingerprint density at radius 3 is 2.67 bits per heavy atom. The van der Waals surface area contributed by atoms with Crippen LogP contribution < -0.4 is 5.32 Å². The molecule has 2 aliphatic heterocycles. The smallest absolute Gasteiger partial charge is 0.0708 e. The van der Waals surface area contributed by atoms with E-state index in [1.165, 1.54) is 70.1 Å². The summed E-state index contributed by atoms with van der Waals surface area (Å²) in [5.74, 6) is 1.37. The highest BCUT2D eigenvalue weighted by atomic mass is 32.2. The van der Waals surface area contributed by atoms with Crippen molar-refractivity contribution >= 4 is 11.8 Å². The van der Waals surface area contributed by atoms with E-state index in [9.17, 15) is 0 Å². The number of nitrogens with one attached hydrogen (secondary N) is 1. The molecule has 1 spiro atoms. The van der Waals surface area contributed by atoms with Gasteiger partial charge >= 0.3 is 0 Å². The zero-order chi connectivity index (χ0) is 12.3. The van der Waals surface area contributed by atoms with Crippen molar-refractivity contribution in [3.8, 4) is 0 Å². The average Bonchev–Trinajstić information content (AvgIpc) is 3.02. The van der Waals surface area contributed by atoms with Crippen molar-refractivity contribution in [2.75, 3.05) is 18.8 Å². The van der Waals surface area contributed by atoms with Crippen molar-refractivity contribution in [2.24, 2.45) is 0 Å². The standard InChI is InChI=1S/C15H27NOS/c1-4-10-18-14(5-1)12-16-11-13-6-9-15(17-13)7-2-3-8-15/h13-14,16H,1-12H2. The maximum Gasteiger partial charge on any atom is 0.0708 e. The van der Waals surface area contributed by atoms with E-state index >= 15 is 0 Å². The third-order valence-electron chi connectivity index (χ3n) is 4.87. The second-order valence-electron chi connectivity index (χ2n) is 6.32. The van der Waals surface area contributed by atoms with Gasteiger partial charge in [-0.25, -0.2) is 0 Å². The first-order chi connectivity index (χ1) is 8.86. The average molecular weight is 269 g/mol. The van der Waals surface area contributed by atoms with Gasteiger partial charge in [-0.15, -0.1) is 0 Å². The largest absolute Gasteiger partial charge is 0.370 e. The zero-order valence-corrected chi connectivity index (χ0v) is 12.3. The molecule has 0 aromatic carbocycles. The lowest BCUT2D eigenvalue weighted by Gasteiger charge is -2.25. The van der Waals surface area contributed by atoms with Crippen molar-refractivity contribution in [3.05, 3.63) is 0 Å². The lowest BCUT2D eigenvalue weighted by Crippen LogP contribution is -2.34. The summed E-state index contributed by atoms with van der Waals surface area (Å²) in [4.78, 5) is 0. The Hall–Kier alpha value is 0.270. The SMILES string of the molecule is C1CCC(CNCC2CCC3(CCCC3)O2)SC1.